The first kappa shape index (κ1) is 23.3. The molecule has 3 atom stereocenters. The molecule has 5 nitrogen and oxygen atoms in total. The van der Waals surface area contributed by atoms with Crippen molar-refractivity contribution in [2.24, 2.45) is 4.99 Å². The fourth-order valence-corrected chi connectivity index (χ4v) is 5.74. The first-order valence-corrected chi connectivity index (χ1v) is 11.6. The molecule has 0 saturated carbocycles. The van der Waals surface area contributed by atoms with E-state index in [1.54, 1.807) is 0 Å². The first-order chi connectivity index (χ1) is 12.7. The zero-order valence-corrected chi connectivity index (χ0v) is 20.6. The summed E-state index contributed by atoms with van der Waals surface area (Å²) in [6.07, 6.45) is 1.52. The molecule has 2 aliphatic heterocycles. The number of nitrogens with zero attached hydrogens (tertiary/aromatic N) is 3. The van der Waals surface area contributed by atoms with Crippen molar-refractivity contribution >= 4 is 53.0 Å². The smallest absolute Gasteiger partial charge is 0.193 e. The number of hydrogen-bond donors (Lipinski definition) is 1. The number of ether oxygens (including phenoxy) is 1. The second-order valence-electron chi connectivity index (χ2n) is 6.98. The quantitative estimate of drug-likeness (QED) is 0.363. The molecular weight excluding hydrogens is 491 g/mol. The Balaban J connectivity index is 0.00000261. The molecule has 154 valence electrons. The average Bonchev–Trinajstić information content (AvgIpc) is 3.19. The lowest BCUT2D eigenvalue weighted by molar-refractivity contribution is -0.0334. The third kappa shape index (κ3) is 6.48. The molecule has 8 heteroatoms. The van der Waals surface area contributed by atoms with Gasteiger partial charge in [0.25, 0.3) is 0 Å². The van der Waals surface area contributed by atoms with E-state index in [1.165, 1.54) is 17.1 Å². The maximum absolute atomic E-state index is 5.75. The van der Waals surface area contributed by atoms with Gasteiger partial charge in [-0.15, -0.1) is 35.3 Å². The van der Waals surface area contributed by atoms with Gasteiger partial charge in [-0.05, 0) is 24.8 Å². The van der Waals surface area contributed by atoms with Crippen molar-refractivity contribution in [3.05, 3.63) is 22.4 Å². The second kappa shape index (κ2) is 11.8. The maximum Gasteiger partial charge on any atom is 0.193 e. The number of halogens is 1. The molecule has 1 aromatic rings. The molecule has 0 radical (unpaired) electrons. The summed E-state index contributed by atoms with van der Waals surface area (Å²) in [5, 5.41) is 6.57. The summed E-state index contributed by atoms with van der Waals surface area (Å²) in [4.78, 5) is 11.0. The standard InChI is InChI=1S/C19H32N4OS2.HI/c1-4-16-14-23(8-11-25-16)19(20-3)21-12-17(18-6-5-10-26-18)22-7-9-24-15(2)13-22;/h5-6,10,15-17H,4,7-9,11-14H2,1-3H3,(H,20,21);1H. The number of thioether (sulfide) groups is 1. The highest BCUT2D eigenvalue weighted by Gasteiger charge is 2.28. The van der Waals surface area contributed by atoms with Crippen LogP contribution >= 0.6 is 47.1 Å². The van der Waals surface area contributed by atoms with E-state index in [4.69, 9.17) is 4.74 Å². The second-order valence-corrected chi connectivity index (χ2v) is 9.37. The van der Waals surface area contributed by atoms with Gasteiger partial charge in [0.1, 0.15) is 0 Å². The Kier molecular flexibility index (Phi) is 10.2. The van der Waals surface area contributed by atoms with Crippen molar-refractivity contribution in [2.75, 3.05) is 52.1 Å². The van der Waals surface area contributed by atoms with Crippen molar-refractivity contribution in [1.82, 2.24) is 15.1 Å². The molecule has 3 heterocycles. The Morgan fingerprint density at radius 2 is 2.26 bits per heavy atom. The van der Waals surface area contributed by atoms with Gasteiger partial charge in [-0.3, -0.25) is 9.89 Å². The van der Waals surface area contributed by atoms with Crippen LogP contribution in [0.5, 0.6) is 0 Å². The van der Waals surface area contributed by atoms with Crippen molar-refractivity contribution in [3.63, 3.8) is 0 Å². The highest BCUT2D eigenvalue weighted by atomic mass is 127. The van der Waals surface area contributed by atoms with Gasteiger partial charge in [-0.2, -0.15) is 11.8 Å². The van der Waals surface area contributed by atoms with Crippen LogP contribution in [0.25, 0.3) is 0 Å². The molecule has 0 bridgehead atoms. The Hall–Kier alpha value is -0.0300. The van der Waals surface area contributed by atoms with Crippen molar-refractivity contribution in [1.29, 1.82) is 0 Å². The lowest BCUT2D eigenvalue weighted by atomic mass is 10.1. The summed E-state index contributed by atoms with van der Waals surface area (Å²) in [5.74, 6) is 2.24. The summed E-state index contributed by atoms with van der Waals surface area (Å²) < 4.78 is 5.75. The van der Waals surface area contributed by atoms with Crippen LogP contribution in [0.15, 0.2) is 22.5 Å². The van der Waals surface area contributed by atoms with Crippen LogP contribution in [0, 0.1) is 0 Å². The van der Waals surface area contributed by atoms with E-state index in [0.29, 0.717) is 12.1 Å². The fourth-order valence-electron chi connectivity index (χ4n) is 3.70. The molecule has 0 aromatic carbocycles. The molecule has 2 aliphatic rings. The maximum atomic E-state index is 5.75. The number of guanidine groups is 1. The highest BCUT2D eigenvalue weighted by molar-refractivity contribution is 14.0. The van der Waals surface area contributed by atoms with Crippen LogP contribution in [-0.2, 0) is 4.74 Å². The monoisotopic (exact) mass is 524 g/mol. The summed E-state index contributed by atoms with van der Waals surface area (Å²) in [5.41, 5.74) is 0. The lowest BCUT2D eigenvalue weighted by Gasteiger charge is -2.38. The molecule has 3 rings (SSSR count). The highest BCUT2D eigenvalue weighted by Crippen LogP contribution is 2.27. The van der Waals surface area contributed by atoms with Crippen molar-refractivity contribution in [3.8, 4) is 0 Å². The Labute approximate surface area is 189 Å². The topological polar surface area (TPSA) is 40.1 Å². The minimum atomic E-state index is 0. The molecule has 0 spiro atoms. The van der Waals surface area contributed by atoms with Crippen molar-refractivity contribution < 1.29 is 4.74 Å². The minimum Gasteiger partial charge on any atom is -0.376 e. The third-order valence-corrected chi connectivity index (χ3v) is 7.49. The molecule has 1 aromatic heterocycles. The van der Waals surface area contributed by atoms with E-state index in [9.17, 15) is 0 Å². The molecule has 0 amide bonds. The van der Waals surface area contributed by atoms with Crippen LogP contribution in [0.2, 0.25) is 0 Å². The van der Waals surface area contributed by atoms with E-state index >= 15 is 0 Å². The number of nitrogens with one attached hydrogen (secondary N) is 1. The molecule has 27 heavy (non-hydrogen) atoms. The fraction of sp³-hybridized carbons (Fsp3) is 0.737. The Morgan fingerprint density at radius 1 is 1.41 bits per heavy atom. The Morgan fingerprint density at radius 3 is 2.93 bits per heavy atom. The number of morpholine rings is 1. The number of rotatable bonds is 5. The van der Waals surface area contributed by atoms with Crippen molar-refractivity contribution in [2.45, 2.75) is 37.7 Å². The summed E-state index contributed by atoms with van der Waals surface area (Å²) >= 11 is 3.94. The zero-order chi connectivity index (χ0) is 18.4. The van der Waals surface area contributed by atoms with Crippen LogP contribution in [0.4, 0.5) is 0 Å². The van der Waals surface area contributed by atoms with E-state index in [2.05, 4.69) is 63.2 Å². The lowest BCUT2D eigenvalue weighted by Crippen LogP contribution is -2.51. The van der Waals surface area contributed by atoms with E-state index in [0.717, 1.165) is 50.5 Å². The Bertz CT molecular complexity index is 572. The third-order valence-electron chi connectivity index (χ3n) is 5.14. The predicted molar refractivity (Wildman–Crippen MR) is 129 cm³/mol. The largest absolute Gasteiger partial charge is 0.376 e. The summed E-state index contributed by atoms with van der Waals surface area (Å²) in [6.45, 7) is 10.3. The molecule has 2 saturated heterocycles. The zero-order valence-electron chi connectivity index (χ0n) is 16.6. The molecule has 2 fully saturated rings. The van der Waals surface area contributed by atoms with Crippen LogP contribution < -0.4 is 5.32 Å². The SMILES string of the molecule is CCC1CN(C(=NC)NCC(c2cccs2)N2CCOC(C)C2)CCS1.I. The van der Waals surface area contributed by atoms with Gasteiger partial charge >= 0.3 is 0 Å². The van der Waals surface area contributed by atoms with Crippen LogP contribution in [0.1, 0.15) is 31.2 Å². The molecule has 0 aliphatic carbocycles. The van der Waals surface area contributed by atoms with Gasteiger partial charge in [0, 0.05) is 55.7 Å². The minimum absolute atomic E-state index is 0. The van der Waals surface area contributed by atoms with Gasteiger partial charge in [-0.25, -0.2) is 0 Å². The van der Waals surface area contributed by atoms with Gasteiger partial charge in [0.2, 0.25) is 0 Å². The number of hydrogen-bond acceptors (Lipinski definition) is 5. The first-order valence-electron chi connectivity index (χ1n) is 9.67. The number of thiophene rings is 1. The molecule has 3 unspecified atom stereocenters. The van der Waals surface area contributed by atoms with Gasteiger partial charge in [0.05, 0.1) is 18.8 Å². The summed E-state index contributed by atoms with van der Waals surface area (Å²) in [6, 6.07) is 4.78. The normalized spacial score (nSPS) is 25.7. The van der Waals surface area contributed by atoms with Crippen LogP contribution in [-0.4, -0.2) is 79.2 Å². The van der Waals surface area contributed by atoms with E-state index in [-0.39, 0.29) is 24.0 Å². The number of aliphatic imine (C=N–C) groups is 1. The molecule has 1 N–H and O–H groups in total. The van der Waals surface area contributed by atoms with E-state index < -0.39 is 0 Å². The average molecular weight is 525 g/mol. The van der Waals surface area contributed by atoms with Crippen LogP contribution in [0.3, 0.4) is 0 Å². The summed E-state index contributed by atoms with van der Waals surface area (Å²) in [7, 11) is 1.90. The molecular formula is C19H33IN4OS2. The van der Waals surface area contributed by atoms with Gasteiger partial charge in [-0.1, -0.05) is 13.0 Å². The van der Waals surface area contributed by atoms with Gasteiger partial charge in [0.15, 0.2) is 5.96 Å². The predicted octanol–water partition coefficient (Wildman–Crippen LogP) is 3.53. The van der Waals surface area contributed by atoms with E-state index in [1.807, 2.05) is 18.4 Å². The van der Waals surface area contributed by atoms with Gasteiger partial charge < -0.3 is 15.0 Å².